The molecule has 0 atom stereocenters. The van der Waals surface area contributed by atoms with E-state index in [1.165, 1.54) is 4.68 Å². The van der Waals surface area contributed by atoms with E-state index >= 15 is 0 Å². The van der Waals surface area contributed by atoms with Gasteiger partial charge in [-0.15, -0.1) is 0 Å². The number of carbonyl (C=O) groups excluding carboxylic acids is 1. The number of nitrogen functional groups attached to an aromatic ring is 1. The molecule has 2 heterocycles. The Labute approximate surface area is 124 Å². The molecule has 21 heavy (non-hydrogen) atoms. The van der Waals surface area contributed by atoms with E-state index in [-0.39, 0.29) is 23.4 Å². The summed E-state index contributed by atoms with van der Waals surface area (Å²) in [6, 6.07) is -0.111. The Morgan fingerprint density at radius 2 is 2.10 bits per heavy atom. The molecule has 0 radical (unpaired) electrons. The lowest BCUT2D eigenvalue weighted by atomic mass is 10.1. The van der Waals surface area contributed by atoms with Crippen molar-refractivity contribution in [2.24, 2.45) is 7.05 Å². The minimum absolute atomic E-state index is 0.0661. The lowest BCUT2D eigenvalue weighted by molar-refractivity contribution is 0.0705. The third-order valence-electron chi connectivity index (χ3n) is 3.57. The summed E-state index contributed by atoms with van der Waals surface area (Å²) in [4.78, 5) is 14.0. The molecular weight excluding hydrogens is 294 g/mol. The van der Waals surface area contributed by atoms with E-state index in [4.69, 9.17) is 5.73 Å². The molecule has 0 unspecified atom stereocenters. The van der Waals surface area contributed by atoms with Crippen molar-refractivity contribution in [2.45, 2.75) is 25.8 Å². The van der Waals surface area contributed by atoms with Gasteiger partial charge in [-0.25, -0.2) is 13.1 Å². The summed E-state index contributed by atoms with van der Waals surface area (Å²) in [6.07, 6.45) is 2.78. The Bertz CT molecular complexity index is 617. The molecule has 1 aliphatic heterocycles. The van der Waals surface area contributed by atoms with Crippen molar-refractivity contribution >= 4 is 21.6 Å². The lowest BCUT2D eigenvalue weighted by Crippen LogP contribution is -2.47. The van der Waals surface area contributed by atoms with Gasteiger partial charge in [0.25, 0.3) is 5.91 Å². The minimum Gasteiger partial charge on any atom is -0.396 e. The number of rotatable bonds is 4. The van der Waals surface area contributed by atoms with Crippen molar-refractivity contribution in [2.75, 3.05) is 24.6 Å². The lowest BCUT2D eigenvalue weighted by Gasteiger charge is -2.31. The molecule has 0 aliphatic carbocycles. The Kier molecular flexibility index (Phi) is 4.52. The van der Waals surface area contributed by atoms with Gasteiger partial charge in [0.15, 0.2) is 5.69 Å². The molecule has 0 saturated carbocycles. The number of nitrogens with one attached hydrogen (secondary N) is 1. The van der Waals surface area contributed by atoms with Gasteiger partial charge in [0, 0.05) is 32.4 Å². The predicted octanol–water partition coefficient (Wildman–Crippen LogP) is -0.454. The van der Waals surface area contributed by atoms with Crippen LogP contribution in [0.1, 0.15) is 30.3 Å². The van der Waals surface area contributed by atoms with E-state index in [2.05, 4.69) is 9.82 Å². The van der Waals surface area contributed by atoms with E-state index in [0.717, 1.165) is 0 Å². The molecular formula is C12H21N5O3S. The summed E-state index contributed by atoms with van der Waals surface area (Å²) in [5.41, 5.74) is 6.37. The smallest absolute Gasteiger partial charge is 0.276 e. The van der Waals surface area contributed by atoms with Crippen LogP contribution in [-0.2, 0) is 17.1 Å². The van der Waals surface area contributed by atoms with Crippen LogP contribution in [0.4, 0.5) is 5.69 Å². The van der Waals surface area contributed by atoms with Crippen LogP contribution in [-0.4, -0.2) is 53.9 Å². The number of carbonyl (C=O) groups is 1. The average molecular weight is 315 g/mol. The van der Waals surface area contributed by atoms with Crippen LogP contribution in [0.2, 0.25) is 0 Å². The third-order valence-corrected chi connectivity index (χ3v) is 5.02. The molecule has 1 aromatic rings. The number of hydrogen-bond donors (Lipinski definition) is 2. The van der Waals surface area contributed by atoms with Crippen molar-refractivity contribution in [3.63, 3.8) is 0 Å². The molecule has 9 heteroatoms. The van der Waals surface area contributed by atoms with Crippen molar-refractivity contribution < 1.29 is 13.2 Å². The van der Waals surface area contributed by atoms with Crippen LogP contribution in [0, 0.1) is 0 Å². The van der Waals surface area contributed by atoms with Crippen molar-refractivity contribution in [3.8, 4) is 0 Å². The van der Waals surface area contributed by atoms with Crippen molar-refractivity contribution in [1.82, 2.24) is 19.4 Å². The number of nitrogens with two attached hydrogens (primary N) is 1. The van der Waals surface area contributed by atoms with Crippen LogP contribution in [0.15, 0.2) is 6.20 Å². The van der Waals surface area contributed by atoms with Gasteiger partial charge >= 0.3 is 0 Å². The van der Waals surface area contributed by atoms with Crippen LogP contribution in [0.25, 0.3) is 0 Å². The molecule has 1 amide bonds. The highest BCUT2D eigenvalue weighted by molar-refractivity contribution is 7.89. The number of likely N-dealkylation sites (tertiary alicyclic amines) is 1. The molecule has 1 fully saturated rings. The van der Waals surface area contributed by atoms with E-state index in [1.54, 1.807) is 25.1 Å². The number of aryl methyl sites for hydroxylation is 1. The minimum atomic E-state index is -3.20. The van der Waals surface area contributed by atoms with Crippen LogP contribution in [0.5, 0.6) is 0 Å². The van der Waals surface area contributed by atoms with Gasteiger partial charge in [0.1, 0.15) is 0 Å². The topological polar surface area (TPSA) is 110 Å². The normalized spacial score (nSPS) is 17.1. The Balaban J connectivity index is 1.95. The molecule has 1 saturated heterocycles. The number of nitrogens with zero attached hydrogens (tertiary/aromatic N) is 3. The number of sulfonamides is 1. The third kappa shape index (κ3) is 3.73. The summed E-state index contributed by atoms with van der Waals surface area (Å²) >= 11 is 0. The summed E-state index contributed by atoms with van der Waals surface area (Å²) in [6.45, 7) is 2.59. The van der Waals surface area contributed by atoms with Gasteiger partial charge in [-0.2, -0.15) is 5.10 Å². The van der Waals surface area contributed by atoms with Crippen LogP contribution < -0.4 is 10.5 Å². The fraction of sp³-hybridized carbons (Fsp3) is 0.667. The number of amides is 1. The molecule has 0 bridgehead atoms. The number of aromatic nitrogens is 2. The summed E-state index contributed by atoms with van der Waals surface area (Å²) in [7, 11) is -1.49. The Hall–Kier alpha value is -1.61. The molecule has 0 spiro atoms. The summed E-state index contributed by atoms with van der Waals surface area (Å²) < 4.78 is 27.2. The zero-order valence-corrected chi connectivity index (χ0v) is 13.1. The zero-order valence-electron chi connectivity index (χ0n) is 12.2. The fourth-order valence-electron chi connectivity index (χ4n) is 2.36. The second-order valence-electron chi connectivity index (χ2n) is 5.19. The quantitative estimate of drug-likeness (QED) is 0.781. The van der Waals surface area contributed by atoms with E-state index < -0.39 is 10.0 Å². The second kappa shape index (κ2) is 6.02. The van der Waals surface area contributed by atoms with Gasteiger partial charge in [-0.05, 0) is 19.8 Å². The highest BCUT2D eigenvalue weighted by Gasteiger charge is 2.27. The molecule has 1 aromatic heterocycles. The van der Waals surface area contributed by atoms with Crippen LogP contribution in [0.3, 0.4) is 0 Å². The molecule has 118 valence electrons. The maximum Gasteiger partial charge on any atom is 0.276 e. The number of piperidine rings is 1. The zero-order chi connectivity index (χ0) is 15.6. The van der Waals surface area contributed by atoms with Gasteiger partial charge in [0.2, 0.25) is 10.0 Å². The van der Waals surface area contributed by atoms with Gasteiger partial charge < -0.3 is 10.6 Å². The SMILES string of the molecule is CCS(=O)(=O)NC1CCN(C(=O)c2nn(C)cc2N)CC1. The van der Waals surface area contributed by atoms with Crippen molar-refractivity contribution in [3.05, 3.63) is 11.9 Å². The van der Waals surface area contributed by atoms with E-state index in [1.807, 2.05) is 0 Å². The number of anilines is 1. The van der Waals surface area contributed by atoms with Gasteiger partial charge in [-0.3, -0.25) is 9.48 Å². The Morgan fingerprint density at radius 3 is 2.57 bits per heavy atom. The maximum absolute atomic E-state index is 12.3. The van der Waals surface area contributed by atoms with Crippen LogP contribution >= 0.6 is 0 Å². The first-order valence-corrected chi connectivity index (χ1v) is 8.56. The largest absolute Gasteiger partial charge is 0.396 e. The maximum atomic E-state index is 12.3. The molecule has 3 N–H and O–H groups in total. The first kappa shape index (κ1) is 15.8. The standard InChI is InChI=1S/C12H21N5O3S/c1-3-21(19,20)15-9-4-6-17(7-5-9)12(18)11-10(13)8-16(2)14-11/h8-9,15H,3-7,13H2,1-2H3. The first-order chi connectivity index (χ1) is 9.82. The Morgan fingerprint density at radius 1 is 1.48 bits per heavy atom. The molecule has 0 aromatic carbocycles. The second-order valence-corrected chi connectivity index (χ2v) is 7.24. The van der Waals surface area contributed by atoms with E-state index in [0.29, 0.717) is 31.6 Å². The summed E-state index contributed by atoms with van der Waals surface area (Å²) in [5, 5.41) is 4.07. The predicted molar refractivity (Wildman–Crippen MR) is 79.1 cm³/mol. The molecule has 8 nitrogen and oxygen atoms in total. The first-order valence-electron chi connectivity index (χ1n) is 6.90. The highest BCUT2D eigenvalue weighted by atomic mass is 32.2. The van der Waals surface area contributed by atoms with Crippen molar-refractivity contribution in [1.29, 1.82) is 0 Å². The monoisotopic (exact) mass is 315 g/mol. The number of hydrogen-bond acceptors (Lipinski definition) is 5. The molecule has 1 aliphatic rings. The fourth-order valence-corrected chi connectivity index (χ4v) is 3.27. The average Bonchev–Trinajstić information content (AvgIpc) is 2.77. The van der Waals surface area contributed by atoms with Gasteiger partial charge in [0.05, 0.1) is 11.4 Å². The van der Waals surface area contributed by atoms with Gasteiger partial charge in [-0.1, -0.05) is 0 Å². The van der Waals surface area contributed by atoms with E-state index in [9.17, 15) is 13.2 Å². The molecule has 2 rings (SSSR count). The summed E-state index contributed by atoms with van der Waals surface area (Å²) in [5.74, 6) is -0.138. The highest BCUT2D eigenvalue weighted by Crippen LogP contribution is 2.17.